The van der Waals surface area contributed by atoms with Gasteiger partial charge in [-0.25, -0.2) is 4.98 Å². The van der Waals surface area contributed by atoms with E-state index in [-0.39, 0.29) is 11.8 Å². The Balaban J connectivity index is 1.25. The van der Waals surface area contributed by atoms with Crippen LogP contribution in [0.1, 0.15) is 12.0 Å². The molecule has 3 saturated heterocycles. The van der Waals surface area contributed by atoms with Crippen molar-refractivity contribution in [2.75, 3.05) is 80.8 Å². The van der Waals surface area contributed by atoms with Gasteiger partial charge in [-0.3, -0.25) is 4.79 Å². The SMILES string of the molecule is CN1CCN(c2ccccc2C[C@H]2CCN(c3ccc(N4CCOCC4)nc3)C2=O)CC1. The highest BCUT2D eigenvalue weighted by molar-refractivity contribution is 5.97. The van der Waals surface area contributed by atoms with Gasteiger partial charge >= 0.3 is 0 Å². The minimum Gasteiger partial charge on any atom is -0.378 e. The monoisotopic (exact) mass is 435 g/mol. The van der Waals surface area contributed by atoms with Crippen LogP contribution in [0.4, 0.5) is 17.2 Å². The maximum Gasteiger partial charge on any atom is 0.230 e. The van der Waals surface area contributed by atoms with Crippen molar-refractivity contribution < 1.29 is 9.53 Å². The van der Waals surface area contributed by atoms with E-state index in [9.17, 15) is 4.79 Å². The smallest absolute Gasteiger partial charge is 0.230 e. The van der Waals surface area contributed by atoms with Gasteiger partial charge in [-0.1, -0.05) is 18.2 Å². The molecular formula is C25H33N5O2. The van der Waals surface area contributed by atoms with Crippen LogP contribution >= 0.6 is 0 Å². The maximum atomic E-state index is 13.3. The number of hydrogen-bond donors (Lipinski definition) is 0. The normalized spacial score (nSPS) is 22.6. The number of likely N-dealkylation sites (N-methyl/N-ethyl adjacent to an activating group) is 1. The summed E-state index contributed by atoms with van der Waals surface area (Å²) in [6.07, 6.45) is 3.54. The zero-order valence-electron chi connectivity index (χ0n) is 18.9. The molecule has 4 heterocycles. The Labute approximate surface area is 190 Å². The van der Waals surface area contributed by atoms with Gasteiger partial charge < -0.3 is 24.3 Å². The predicted octanol–water partition coefficient (Wildman–Crippen LogP) is 2.27. The number of morpholine rings is 1. The molecule has 1 atom stereocenters. The molecule has 0 saturated carbocycles. The second kappa shape index (κ2) is 9.46. The van der Waals surface area contributed by atoms with E-state index in [0.717, 1.165) is 83.4 Å². The molecule has 5 rings (SSSR count). The van der Waals surface area contributed by atoms with Crippen LogP contribution in [0.5, 0.6) is 0 Å². The number of hydrogen-bond acceptors (Lipinski definition) is 6. The first-order chi connectivity index (χ1) is 15.7. The Kier molecular flexibility index (Phi) is 6.28. The summed E-state index contributed by atoms with van der Waals surface area (Å²) >= 11 is 0. The number of piperazine rings is 1. The molecule has 3 aliphatic heterocycles. The van der Waals surface area contributed by atoms with Crippen molar-refractivity contribution in [3.8, 4) is 0 Å². The van der Waals surface area contributed by atoms with Crippen LogP contribution in [0.2, 0.25) is 0 Å². The van der Waals surface area contributed by atoms with Gasteiger partial charge in [0.25, 0.3) is 0 Å². The van der Waals surface area contributed by atoms with Crippen molar-refractivity contribution in [2.45, 2.75) is 12.8 Å². The second-order valence-corrected chi connectivity index (χ2v) is 9.07. The Morgan fingerprint density at radius 1 is 0.938 bits per heavy atom. The third kappa shape index (κ3) is 4.45. The van der Waals surface area contributed by atoms with Crippen LogP contribution in [0.15, 0.2) is 42.6 Å². The lowest BCUT2D eigenvalue weighted by atomic mass is 9.96. The average Bonchev–Trinajstić information content (AvgIpc) is 3.20. The molecule has 0 spiro atoms. The number of rotatable bonds is 5. The number of carbonyl (C=O) groups is 1. The molecule has 1 aromatic heterocycles. The number of aromatic nitrogens is 1. The fourth-order valence-corrected chi connectivity index (χ4v) is 5.01. The molecule has 7 heteroatoms. The maximum absolute atomic E-state index is 13.3. The first-order valence-electron chi connectivity index (χ1n) is 11.8. The van der Waals surface area contributed by atoms with Crippen molar-refractivity contribution in [2.24, 2.45) is 5.92 Å². The molecule has 1 amide bonds. The van der Waals surface area contributed by atoms with Crippen molar-refractivity contribution in [3.05, 3.63) is 48.2 Å². The highest BCUT2D eigenvalue weighted by Crippen LogP contribution is 2.31. The molecule has 170 valence electrons. The number of amides is 1. The lowest BCUT2D eigenvalue weighted by molar-refractivity contribution is -0.120. The second-order valence-electron chi connectivity index (χ2n) is 9.07. The molecule has 0 radical (unpaired) electrons. The Hall–Kier alpha value is -2.64. The topological polar surface area (TPSA) is 52.1 Å². The van der Waals surface area contributed by atoms with Crippen LogP contribution in [0, 0.1) is 5.92 Å². The first-order valence-corrected chi connectivity index (χ1v) is 11.8. The largest absolute Gasteiger partial charge is 0.378 e. The summed E-state index contributed by atoms with van der Waals surface area (Å²) in [7, 11) is 2.18. The predicted molar refractivity (Wildman–Crippen MR) is 128 cm³/mol. The summed E-state index contributed by atoms with van der Waals surface area (Å²) < 4.78 is 5.43. The third-order valence-corrected chi connectivity index (χ3v) is 7.00. The Morgan fingerprint density at radius 3 is 2.47 bits per heavy atom. The van der Waals surface area contributed by atoms with E-state index < -0.39 is 0 Å². The average molecular weight is 436 g/mol. The number of carbonyl (C=O) groups excluding carboxylic acids is 1. The van der Waals surface area contributed by atoms with Gasteiger partial charge in [0.15, 0.2) is 0 Å². The summed E-state index contributed by atoms with van der Waals surface area (Å²) in [5.41, 5.74) is 3.49. The van der Waals surface area contributed by atoms with Gasteiger partial charge in [0.05, 0.1) is 25.1 Å². The van der Waals surface area contributed by atoms with Crippen molar-refractivity contribution in [1.82, 2.24) is 9.88 Å². The molecule has 0 bridgehead atoms. The van der Waals surface area contributed by atoms with Crippen molar-refractivity contribution in [1.29, 1.82) is 0 Å². The molecular weight excluding hydrogens is 402 g/mol. The van der Waals surface area contributed by atoms with Crippen LogP contribution in [0.3, 0.4) is 0 Å². The van der Waals surface area contributed by atoms with Crippen LogP contribution in [-0.2, 0) is 16.0 Å². The highest BCUT2D eigenvalue weighted by atomic mass is 16.5. The summed E-state index contributed by atoms with van der Waals surface area (Å²) in [5.74, 6) is 1.21. The number of pyridine rings is 1. The van der Waals surface area contributed by atoms with Gasteiger partial charge in [-0.05, 0) is 43.7 Å². The molecule has 0 unspecified atom stereocenters. The highest BCUT2D eigenvalue weighted by Gasteiger charge is 2.33. The van der Waals surface area contributed by atoms with Crippen molar-refractivity contribution in [3.63, 3.8) is 0 Å². The summed E-state index contributed by atoms with van der Waals surface area (Å²) in [6, 6.07) is 12.7. The van der Waals surface area contributed by atoms with Crippen LogP contribution in [-0.4, -0.2) is 81.9 Å². The molecule has 1 aromatic carbocycles. The molecule has 3 fully saturated rings. The number of para-hydroxylation sites is 1. The van der Waals surface area contributed by atoms with E-state index in [1.54, 1.807) is 0 Å². The lowest BCUT2D eigenvalue weighted by Crippen LogP contribution is -2.44. The molecule has 7 nitrogen and oxygen atoms in total. The first kappa shape index (κ1) is 21.2. The van der Waals surface area contributed by atoms with Crippen molar-refractivity contribution >= 4 is 23.1 Å². The van der Waals surface area contributed by atoms with E-state index in [1.165, 1.54) is 11.3 Å². The summed E-state index contributed by atoms with van der Waals surface area (Å²) in [4.78, 5) is 26.9. The van der Waals surface area contributed by atoms with Gasteiger partial charge in [0.2, 0.25) is 5.91 Å². The number of anilines is 3. The van der Waals surface area contributed by atoms with Crippen LogP contribution in [0.25, 0.3) is 0 Å². The Morgan fingerprint density at radius 2 is 1.72 bits per heavy atom. The number of benzene rings is 1. The molecule has 2 aromatic rings. The standard InChI is InChI=1S/C25H33N5O2/c1-27-10-12-28(13-11-27)23-5-3-2-4-20(23)18-21-8-9-30(25(21)31)22-6-7-24(26-19-22)29-14-16-32-17-15-29/h2-7,19,21H,8-18H2,1H3/t21-/m1/s1. The van der Waals surface area contributed by atoms with E-state index >= 15 is 0 Å². The summed E-state index contributed by atoms with van der Waals surface area (Å²) in [5, 5.41) is 0. The fraction of sp³-hybridized carbons (Fsp3) is 0.520. The van der Waals surface area contributed by atoms with Crippen LogP contribution < -0.4 is 14.7 Å². The van der Waals surface area contributed by atoms with E-state index in [2.05, 4.69) is 51.0 Å². The zero-order valence-corrected chi connectivity index (χ0v) is 18.9. The van der Waals surface area contributed by atoms with Gasteiger partial charge in [-0.2, -0.15) is 0 Å². The lowest BCUT2D eigenvalue weighted by Gasteiger charge is -2.35. The zero-order chi connectivity index (χ0) is 21.9. The van der Waals surface area contributed by atoms with Gasteiger partial charge in [0, 0.05) is 57.4 Å². The molecule has 32 heavy (non-hydrogen) atoms. The van der Waals surface area contributed by atoms with Gasteiger partial charge in [-0.15, -0.1) is 0 Å². The minimum atomic E-state index is 0.0301. The van der Waals surface area contributed by atoms with E-state index in [4.69, 9.17) is 4.74 Å². The van der Waals surface area contributed by atoms with Gasteiger partial charge in [0.1, 0.15) is 5.82 Å². The number of nitrogens with zero attached hydrogens (tertiary/aromatic N) is 5. The summed E-state index contributed by atoms with van der Waals surface area (Å²) in [6.45, 7) is 8.22. The third-order valence-electron chi connectivity index (χ3n) is 7.00. The fourth-order valence-electron chi connectivity index (χ4n) is 5.01. The quantitative estimate of drug-likeness (QED) is 0.718. The number of ether oxygens (including phenoxy) is 1. The molecule has 3 aliphatic rings. The Bertz CT molecular complexity index is 920. The molecule has 0 N–H and O–H groups in total. The van der Waals surface area contributed by atoms with E-state index in [1.807, 2.05) is 23.2 Å². The molecule has 0 aliphatic carbocycles. The minimum absolute atomic E-state index is 0.0301. The van der Waals surface area contributed by atoms with E-state index in [0.29, 0.717) is 0 Å².